The number of nitrogens with one attached hydrogen (secondary N) is 1. The second-order valence-corrected chi connectivity index (χ2v) is 6.30. The molecule has 1 N–H and O–H groups in total. The van der Waals surface area contributed by atoms with Crippen molar-refractivity contribution in [1.29, 1.82) is 0 Å². The summed E-state index contributed by atoms with van der Waals surface area (Å²) < 4.78 is 13.5. The van der Waals surface area contributed by atoms with Crippen molar-refractivity contribution in [2.75, 3.05) is 19.6 Å². The quantitative estimate of drug-likeness (QED) is 0.925. The number of amides is 1. The van der Waals surface area contributed by atoms with Gasteiger partial charge in [0.15, 0.2) is 0 Å². The summed E-state index contributed by atoms with van der Waals surface area (Å²) in [5.41, 5.74) is 0.356. The molecule has 2 rings (SSSR count). The van der Waals surface area contributed by atoms with Crippen LogP contribution in [0.25, 0.3) is 0 Å². The van der Waals surface area contributed by atoms with Crippen molar-refractivity contribution in [2.45, 2.75) is 32.7 Å². The molecule has 1 aromatic rings. The fourth-order valence-corrected chi connectivity index (χ4v) is 2.80. The van der Waals surface area contributed by atoms with E-state index in [1.807, 2.05) is 18.7 Å². The van der Waals surface area contributed by atoms with Crippen molar-refractivity contribution < 1.29 is 9.18 Å². The first kappa shape index (κ1) is 16.2. The summed E-state index contributed by atoms with van der Waals surface area (Å²) in [5.74, 6) is -0.223. The van der Waals surface area contributed by atoms with E-state index in [4.69, 9.17) is 11.6 Å². The van der Waals surface area contributed by atoms with Crippen LogP contribution in [0.1, 0.15) is 37.0 Å². The van der Waals surface area contributed by atoms with Crippen LogP contribution in [0.5, 0.6) is 0 Å². The third-order valence-electron chi connectivity index (χ3n) is 3.90. The molecule has 21 heavy (non-hydrogen) atoms. The lowest BCUT2D eigenvalue weighted by atomic mass is 9.98. The Kier molecular flexibility index (Phi) is 5.59. The maximum atomic E-state index is 13.5. The maximum absolute atomic E-state index is 13.5. The molecule has 1 aliphatic rings. The molecule has 1 unspecified atom stereocenters. The van der Waals surface area contributed by atoms with Gasteiger partial charge in [-0.15, -0.1) is 0 Å². The number of rotatable bonds is 4. The van der Waals surface area contributed by atoms with Gasteiger partial charge in [0.2, 0.25) is 0 Å². The summed E-state index contributed by atoms with van der Waals surface area (Å²) in [4.78, 5) is 14.4. The Morgan fingerprint density at radius 1 is 1.52 bits per heavy atom. The van der Waals surface area contributed by atoms with Crippen LogP contribution in [0.4, 0.5) is 4.39 Å². The number of carbonyl (C=O) groups is 1. The molecule has 0 aromatic heterocycles. The zero-order valence-electron chi connectivity index (χ0n) is 12.5. The number of nitrogens with zero attached hydrogens (tertiary/aromatic N) is 1. The Morgan fingerprint density at radius 2 is 2.29 bits per heavy atom. The highest BCUT2D eigenvalue weighted by Gasteiger charge is 2.24. The van der Waals surface area contributed by atoms with Gasteiger partial charge in [0, 0.05) is 18.2 Å². The predicted molar refractivity (Wildman–Crippen MR) is 83.2 cm³/mol. The van der Waals surface area contributed by atoms with Gasteiger partial charge in [0.1, 0.15) is 5.82 Å². The van der Waals surface area contributed by atoms with Crippen LogP contribution < -0.4 is 5.32 Å². The minimum Gasteiger partial charge on any atom is -0.336 e. The smallest absolute Gasteiger partial charge is 0.254 e. The van der Waals surface area contributed by atoms with Crippen LogP contribution >= 0.6 is 11.6 Å². The van der Waals surface area contributed by atoms with E-state index in [0.29, 0.717) is 18.0 Å². The number of benzene rings is 1. The summed E-state index contributed by atoms with van der Waals surface area (Å²) >= 11 is 5.67. The van der Waals surface area contributed by atoms with Gasteiger partial charge in [-0.1, -0.05) is 11.6 Å². The average Bonchev–Trinajstić information content (AvgIpc) is 2.47. The zero-order valence-corrected chi connectivity index (χ0v) is 13.3. The maximum Gasteiger partial charge on any atom is 0.254 e. The molecule has 1 atom stereocenters. The van der Waals surface area contributed by atoms with E-state index < -0.39 is 5.82 Å². The first-order chi connectivity index (χ1) is 9.99. The molecule has 0 radical (unpaired) electrons. The Labute approximate surface area is 130 Å². The van der Waals surface area contributed by atoms with Gasteiger partial charge in [0.25, 0.3) is 5.91 Å². The Bertz CT molecular complexity index is 501. The summed E-state index contributed by atoms with van der Waals surface area (Å²) in [5, 5.41) is 3.40. The SMILES string of the molecule is CC(C)N(CC1CCCNC1)C(=O)c1ccc(Cl)c(F)c1. The van der Waals surface area contributed by atoms with Crippen molar-refractivity contribution in [3.05, 3.63) is 34.6 Å². The molecule has 5 heteroatoms. The van der Waals surface area contributed by atoms with E-state index in [-0.39, 0.29) is 17.0 Å². The van der Waals surface area contributed by atoms with Crippen molar-refractivity contribution in [3.63, 3.8) is 0 Å². The molecule has 3 nitrogen and oxygen atoms in total. The number of hydrogen-bond donors (Lipinski definition) is 1. The van der Waals surface area contributed by atoms with Crippen molar-refractivity contribution >= 4 is 17.5 Å². The van der Waals surface area contributed by atoms with E-state index in [0.717, 1.165) is 25.9 Å². The lowest BCUT2D eigenvalue weighted by molar-refractivity contribution is 0.0660. The van der Waals surface area contributed by atoms with Crippen molar-refractivity contribution in [3.8, 4) is 0 Å². The van der Waals surface area contributed by atoms with E-state index >= 15 is 0 Å². The van der Waals surface area contributed by atoms with Crippen LogP contribution in [0.2, 0.25) is 5.02 Å². The van der Waals surface area contributed by atoms with Crippen molar-refractivity contribution in [1.82, 2.24) is 10.2 Å². The topological polar surface area (TPSA) is 32.3 Å². The van der Waals surface area contributed by atoms with Crippen LogP contribution in [0.15, 0.2) is 18.2 Å². The van der Waals surface area contributed by atoms with Crippen LogP contribution in [-0.4, -0.2) is 36.5 Å². The van der Waals surface area contributed by atoms with Gasteiger partial charge in [-0.05, 0) is 63.9 Å². The molecule has 0 bridgehead atoms. The minimum atomic E-state index is -0.550. The Morgan fingerprint density at radius 3 is 2.86 bits per heavy atom. The Balaban J connectivity index is 2.12. The van der Waals surface area contributed by atoms with Gasteiger partial charge in [-0.25, -0.2) is 4.39 Å². The van der Waals surface area contributed by atoms with Gasteiger partial charge in [0.05, 0.1) is 5.02 Å². The number of halogens is 2. The predicted octanol–water partition coefficient (Wildman–Crippen LogP) is 3.33. The molecule has 0 saturated carbocycles. The third kappa shape index (κ3) is 4.17. The number of carbonyl (C=O) groups excluding carboxylic acids is 1. The highest BCUT2D eigenvalue weighted by Crippen LogP contribution is 2.19. The normalized spacial score (nSPS) is 18.8. The van der Waals surface area contributed by atoms with Crippen LogP contribution in [0, 0.1) is 11.7 Å². The number of piperidine rings is 1. The third-order valence-corrected chi connectivity index (χ3v) is 4.21. The van der Waals surface area contributed by atoms with Crippen LogP contribution in [-0.2, 0) is 0 Å². The monoisotopic (exact) mass is 312 g/mol. The van der Waals surface area contributed by atoms with Crippen molar-refractivity contribution in [2.24, 2.45) is 5.92 Å². The molecule has 0 aliphatic carbocycles. The van der Waals surface area contributed by atoms with Gasteiger partial charge in [-0.2, -0.15) is 0 Å². The first-order valence-electron chi connectivity index (χ1n) is 7.45. The molecule has 1 heterocycles. The molecule has 0 spiro atoms. The molecule has 1 fully saturated rings. The van der Waals surface area contributed by atoms with E-state index in [2.05, 4.69) is 5.32 Å². The zero-order chi connectivity index (χ0) is 15.4. The van der Waals surface area contributed by atoms with Gasteiger partial charge in [-0.3, -0.25) is 4.79 Å². The van der Waals surface area contributed by atoms with E-state index in [1.54, 1.807) is 6.07 Å². The molecule has 1 aliphatic heterocycles. The van der Waals surface area contributed by atoms with Gasteiger partial charge < -0.3 is 10.2 Å². The fourth-order valence-electron chi connectivity index (χ4n) is 2.68. The van der Waals surface area contributed by atoms with Gasteiger partial charge >= 0.3 is 0 Å². The molecular formula is C16H22ClFN2O. The molecule has 116 valence electrons. The highest BCUT2D eigenvalue weighted by molar-refractivity contribution is 6.30. The van der Waals surface area contributed by atoms with Crippen LogP contribution in [0.3, 0.4) is 0 Å². The second-order valence-electron chi connectivity index (χ2n) is 5.89. The lowest BCUT2D eigenvalue weighted by Crippen LogP contribution is -2.44. The largest absolute Gasteiger partial charge is 0.336 e. The standard InChI is InChI=1S/C16H22ClFN2O/c1-11(2)20(10-12-4-3-7-19-9-12)16(21)13-5-6-14(17)15(18)8-13/h5-6,8,11-12,19H,3-4,7,9-10H2,1-2H3. The summed E-state index contributed by atoms with van der Waals surface area (Å²) in [6, 6.07) is 4.32. The molecule has 1 amide bonds. The second kappa shape index (κ2) is 7.23. The minimum absolute atomic E-state index is 0.0409. The fraction of sp³-hybridized carbons (Fsp3) is 0.562. The highest BCUT2D eigenvalue weighted by atomic mass is 35.5. The molecule has 1 saturated heterocycles. The number of hydrogen-bond acceptors (Lipinski definition) is 2. The summed E-state index contributed by atoms with van der Waals surface area (Å²) in [6.07, 6.45) is 2.26. The lowest BCUT2D eigenvalue weighted by Gasteiger charge is -2.33. The molecular weight excluding hydrogens is 291 g/mol. The summed E-state index contributed by atoms with van der Waals surface area (Å²) in [7, 11) is 0. The average molecular weight is 313 g/mol. The Hall–Kier alpha value is -1.13. The van der Waals surface area contributed by atoms with E-state index in [9.17, 15) is 9.18 Å². The summed E-state index contributed by atoms with van der Waals surface area (Å²) in [6.45, 7) is 6.66. The van der Waals surface area contributed by atoms with E-state index in [1.165, 1.54) is 12.1 Å². The first-order valence-corrected chi connectivity index (χ1v) is 7.83. The molecule has 1 aromatic carbocycles.